The molecule has 0 saturated carbocycles. The van der Waals surface area contributed by atoms with Crippen LogP contribution < -0.4 is 10.1 Å². The van der Waals surface area contributed by atoms with Crippen molar-refractivity contribution in [3.63, 3.8) is 0 Å². The summed E-state index contributed by atoms with van der Waals surface area (Å²) >= 11 is 0. The van der Waals surface area contributed by atoms with Crippen molar-refractivity contribution in [2.24, 2.45) is 5.41 Å². The Balaban J connectivity index is 1.76. The van der Waals surface area contributed by atoms with Crippen molar-refractivity contribution in [2.75, 3.05) is 18.5 Å². The van der Waals surface area contributed by atoms with Crippen LogP contribution in [0.25, 0.3) is 0 Å². The molecule has 0 radical (unpaired) electrons. The monoisotopic (exact) mass is 329 g/mol. The number of anilines is 1. The van der Waals surface area contributed by atoms with Gasteiger partial charge in [-0.2, -0.15) is 0 Å². The minimum absolute atomic E-state index is 0.0767. The van der Waals surface area contributed by atoms with Crippen molar-refractivity contribution in [1.82, 2.24) is 0 Å². The van der Waals surface area contributed by atoms with Gasteiger partial charge in [0.15, 0.2) is 0 Å². The summed E-state index contributed by atoms with van der Waals surface area (Å²) < 4.78 is 19.6. The molecule has 0 aliphatic carbocycles. The lowest BCUT2D eigenvalue weighted by Crippen LogP contribution is -2.24. The number of para-hydroxylation sites is 1. The number of ether oxygens (including phenoxy) is 1. The first-order valence-corrected chi connectivity index (χ1v) is 8.56. The second-order valence-corrected chi connectivity index (χ2v) is 7.22. The molecule has 1 N–H and O–H groups in total. The Kier molecular flexibility index (Phi) is 6.24. The highest BCUT2D eigenvalue weighted by atomic mass is 19.1. The van der Waals surface area contributed by atoms with E-state index in [2.05, 4.69) is 51.2 Å². The first kappa shape index (κ1) is 18.3. The van der Waals surface area contributed by atoms with Crippen LogP contribution >= 0.6 is 0 Å². The molecule has 0 heterocycles. The molecule has 24 heavy (non-hydrogen) atoms. The molecular weight excluding hydrogens is 301 g/mol. The molecule has 0 saturated heterocycles. The second kappa shape index (κ2) is 8.18. The third kappa shape index (κ3) is 5.55. The minimum atomic E-state index is -0.202. The third-order valence-corrected chi connectivity index (χ3v) is 4.23. The molecule has 0 atom stereocenters. The molecule has 0 bridgehead atoms. The van der Waals surface area contributed by atoms with Crippen molar-refractivity contribution >= 4 is 5.69 Å². The number of rotatable bonds is 8. The second-order valence-electron chi connectivity index (χ2n) is 7.22. The topological polar surface area (TPSA) is 21.3 Å². The maximum atomic E-state index is 13.6. The normalized spacial score (nSPS) is 11.4. The number of aryl methyl sites for hydroxylation is 2. The Morgan fingerprint density at radius 2 is 1.83 bits per heavy atom. The third-order valence-electron chi connectivity index (χ3n) is 4.23. The van der Waals surface area contributed by atoms with E-state index in [1.165, 1.54) is 17.2 Å². The molecule has 130 valence electrons. The Morgan fingerprint density at radius 3 is 2.58 bits per heavy atom. The quantitative estimate of drug-likeness (QED) is 0.624. The highest BCUT2D eigenvalue weighted by Crippen LogP contribution is 2.25. The van der Waals surface area contributed by atoms with E-state index in [-0.39, 0.29) is 11.2 Å². The van der Waals surface area contributed by atoms with Crippen LogP contribution in [-0.4, -0.2) is 13.2 Å². The van der Waals surface area contributed by atoms with Crippen molar-refractivity contribution in [3.8, 4) is 5.75 Å². The zero-order valence-electron chi connectivity index (χ0n) is 15.2. The van der Waals surface area contributed by atoms with Crippen LogP contribution in [0.15, 0.2) is 42.5 Å². The molecule has 2 nitrogen and oxygen atoms in total. The number of halogens is 1. The van der Waals surface area contributed by atoms with Gasteiger partial charge in [0.2, 0.25) is 0 Å². The molecule has 2 aromatic rings. The maximum Gasteiger partial charge on any atom is 0.146 e. The van der Waals surface area contributed by atoms with E-state index in [9.17, 15) is 4.39 Å². The molecule has 0 aromatic heterocycles. The molecule has 0 aliphatic rings. The average molecular weight is 329 g/mol. The molecule has 0 spiro atoms. The standard InChI is InChI=1S/C21H28FNO/c1-16-10-11-17(2)20(14-16)24-13-7-12-21(3,4)15-23-19-9-6-5-8-18(19)22/h5-6,8-11,14,23H,7,12-13,15H2,1-4H3. The molecule has 3 heteroatoms. The largest absolute Gasteiger partial charge is 0.493 e. The van der Waals surface area contributed by atoms with Gasteiger partial charge in [0.05, 0.1) is 12.3 Å². The van der Waals surface area contributed by atoms with E-state index >= 15 is 0 Å². The highest BCUT2D eigenvalue weighted by Gasteiger charge is 2.18. The summed E-state index contributed by atoms with van der Waals surface area (Å²) in [6, 6.07) is 13.1. The van der Waals surface area contributed by atoms with Crippen LogP contribution in [0.3, 0.4) is 0 Å². The first-order chi connectivity index (χ1) is 11.4. The number of benzene rings is 2. The van der Waals surface area contributed by atoms with E-state index < -0.39 is 0 Å². The number of nitrogens with one attached hydrogen (secondary N) is 1. The van der Waals surface area contributed by atoms with Gasteiger partial charge in [0, 0.05) is 6.54 Å². The van der Waals surface area contributed by atoms with E-state index in [0.717, 1.165) is 25.1 Å². The zero-order chi connectivity index (χ0) is 17.6. The fourth-order valence-electron chi connectivity index (χ4n) is 2.62. The fourth-order valence-corrected chi connectivity index (χ4v) is 2.62. The summed E-state index contributed by atoms with van der Waals surface area (Å²) in [6.45, 7) is 9.96. The van der Waals surface area contributed by atoms with Gasteiger partial charge >= 0.3 is 0 Å². The predicted octanol–water partition coefficient (Wildman–Crippen LogP) is 5.74. The number of hydrogen-bond donors (Lipinski definition) is 1. The van der Waals surface area contributed by atoms with Gasteiger partial charge in [0.25, 0.3) is 0 Å². The van der Waals surface area contributed by atoms with Gasteiger partial charge in [-0.05, 0) is 61.4 Å². The predicted molar refractivity (Wildman–Crippen MR) is 99.3 cm³/mol. The lowest BCUT2D eigenvalue weighted by atomic mass is 9.88. The van der Waals surface area contributed by atoms with Crippen molar-refractivity contribution in [1.29, 1.82) is 0 Å². The fraction of sp³-hybridized carbons (Fsp3) is 0.429. The van der Waals surface area contributed by atoms with E-state index in [1.54, 1.807) is 12.1 Å². The smallest absolute Gasteiger partial charge is 0.146 e. The summed E-state index contributed by atoms with van der Waals surface area (Å²) in [5.41, 5.74) is 3.02. The summed E-state index contributed by atoms with van der Waals surface area (Å²) in [4.78, 5) is 0. The molecular formula is C21H28FNO. The molecule has 0 amide bonds. The Bertz CT molecular complexity index is 667. The Hall–Kier alpha value is -2.03. The van der Waals surface area contributed by atoms with Gasteiger partial charge < -0.3 is 10.1 Å². The average Bonchev–Trinajstić information content (AvgIpc) is 2.54. The van der Waals surface area contributed by atoms with Crippen LogP contribution in [0.4, 0.5) is 10.1 Å². The van der Waals surface area contributed by atoms with Crippen LogP contribution in [0.5, 0.6) is 5.75 Å². The van der Waals surface area contributed by atoms with E-state index in [4.69, 9.17) is 4.74 Å². The zero-order valence-corrected chi connectivity index (χ0v) is 15.2. The summed E-state index contributed by atoms with van der Waals surface area (Å²) in [5.74, 6) is 0.767. The maximum absolute atomic E-state index is 13.6. The van der Waals surface area contributed by atoms with Crippen LogP contribution in [0, 0.1) is 25.1 Å². The molecule has 0 unspecified atom stereocenters. The lowest BCUT2D eigenvalue weighted by molar-refractivity contribution is 0.263. The van der Waals surface area contributed by atoms with Crippen molar-refractivity contribution < 1.29 is 9.13 Å². The lowest BCUT2D eigenvalue weighted by Gasteiger charge is -2.25. The Morgan fingerprint density at radius 1 is 1.08 bits per heavy atom. The summed E-state index contributed by atoms with van der Waals surface area (Å²) in [6.07, 6.45) is 1.98. The van der Waals surface area contributed by atoms with Gasteiger partial charge in [-0.25, -0.2) is 4.39 Å². The first-order valence-electron chi connectivity index (χ1n) is 8.56. The summed E-state index contributed by atoms with van der Waals surface area (Å²) in [7, 11) is 0. The summed E-state index contributed by atoms with van der Waals surface area (Å²) in [5, 5.41) is 3.21. The van der Waals surface area contributed by atoms with Crippen molar-refractivity contribution in [2.45, 2.75) is 40.5 Å². The molecule has 0 aliphatic heterocycles. The molecule has 2 aromatic carbocycles. The van der Waals surface area contributed by atoms with E-state index in [1.807, 2.05) is 6.07 Å². The van der Waals surface area contributed by atoms with E-state index in [0.29, 0.717) is 12.3 Å². The SMILES string of the molecule is Cc1ccc(C)c(OCCCC(C)(C)CNc2ccccc2F)c1. The number of hydrogen-bond acceptors (Lipinski definition) is 2. The highest BCUT2D eigenvalue weighted by molar-refractivity contribution is 5.44. The molecule has 0 fully saturated rings. The Labute approximate surface area is 145 Å². The van der Waals surface area contributed by atoms with Crippen LogP contribution in [0.2, 0.25) is 0 Å². The van der Waals surface area contributed by atoms with Crippen molar-refractivity contribution in [3.05, 3.63) is 59.4 Å². The van der Waals surface area contributed by atoms with Crippen LogP contribution in [-0.2, 0) is 0 Å². The minimum Gasteiger partial charge on any atom is -0.493 e. The molecule has 2 rings (SSSR count). The van der Waals surface area contributed by atoms with Gasteiger partial charge in [0.1, 0.15) is 11.6 Å². The van der Waals surface area contributed by atoms with Gasteiger partial charge in [-0.1, -0.05) is 38.1 Å². The van der Waals surface area contributed by atoms with Crippen LogP contribution in [0.1, 0.15) is 37.8 Å². The van der Waals surface area contributed by atoms with Gasteiger partial charge in [-0.15, -0.1) is 0 Å². The van der Waals surface area contributed by atoms with Gasteiger partial charge in [-0.3, -0.25) is 0 Å².